The molecule has 0 fully saturated rings. The second kappa shape index (κ2) is 15.2. The Hall–Kier alpha value is -3.95. The Morgan fingerprint density at radius 3 is 2.02 bits per heavy atom. The van der Waals surface area contributed by atoms with Crippen LogP contribution in [0.15, 0.2) is 119 Å². The lowest BCUT2D eigenvalue weighted by Gasteiger charge is -2.34. The van der Waals surface area contributed by atoms with Crippen LogP contribution in [0.1, 0.15) is 37.0 Å². The standard InChI is InChI=1S/C35H38BrN3O4S/c1-4-27(3)37-35(41)33(23-28-14-7-5-8-15-28)38(24-29-19-21-30(36)22-20-29)34(40)25-39(32-18-12-11-13-26(32)2)44(42,43)31-16-9-6-10-17-31/h5-22,27,33H,4,23-25H2,1-3H3,(H,37,41)/t27-,33-/m0/s1. The molecule has 230 valence electrons. The number of aryl methyl sites for hydroxylation is 1. The zero-order valence-electron chi connectivity index (χ0n) is 25.2. The van der Waals surface area contributed by atoms with Crippen LogP contribution >= 0.6 is 15.9 Å². The van der Waals surface area contributed by atoms with Crippen molar-refractivity contribution in [2.24, 2.45) is 0 Å². The van der Waals surface area contributed by atoms with Gasteiger partial charge in [-0.15, -0.1) is 0 Å². The highest BCUT2D eigenvalue weighted by molar-refractivity contribution is 9.10. The van der Waals surface area contributed by atoms with E-state index in [1.807, 2.05) is 87.5 Å². The Morgan fingerprint density at radius 2 is 1.41 bits per heavy atom. The Labute approximate surface area is 269 Å². The number of para-hydroxylation sites is 1. The Kier molecular flexibility index (Phi) is 11.4. The first-order valence-corrected chi connectivity index (χ1v) is 16.8. The molecule has 4 aromatic rings. The molecule has 0 aromatic heterocycles. The van der Waals surface area contributed by atoms with Crippen molar-refractivity contribution in [3.05, 3.63) is 130 Å². The normalized spacial score (nSPS) is 12.6. The minimum absolute atomic E-state index is 0.0749. The maximum atomic E-state index is 14.5. The van der Waals surface area contributed by atoms with Gasteiger partial charge in [-0.3, -0.25) is 13.9 Å². The summed E-state index contributed by atoms with van der Waals surface area (Å²) in [7, 11) is -4.13. The highest BCUT2D eigenvalue weighted by Crippen LogP contribution is 2.28. The number of halogens is 1. The highest BCUT2D eigenvalue weighted by Gasteiger charge is 2.35. The number of nitrogens with zero attached hydrogens (tertiary/aromatic N) is 2. The van der Waals surface area contributed by atoms with E-state index in [0.717, 1.165) is 26.3 Å². The predicted octanol–water partition coefficient (Wildman–Crippen LogP) is 6.51. The average Bonchev–Trinajstić information content (AvgIpc) is 3.03. The molecular formula is C35H38BrN3O4S. The van der Waals surface area contributed by atoms with Crippen LogP contribution in [0.25, 0.3) is 0 Å². The molecule has 0 bridgehead atoms. The molecule has 7 nitrogen and oxygen atoms in total. The van der Waals surface area contributed by atoms with E-state index in [0.29, 0.717) is 11.3 Å². The maximum absolute atomic E-state index is 14.5. The van der Waals surface area contributed by atoms with E-state index in [1.54, 1.807) is 30.3 Å². The zero-order chi connectivity index (χ0) is 31.7. The first-order chi connectivity index (χ1) is 21.1. The molecule has 0 saturated heterocycles. The fourth-order valence-corrected chi connectivity index (χ4v) is 6.62. The van der Waals surface area contributed by atoms with Crippen molar-refractivity contribution in [2.45, 2.75) is 57.1 Å². The van der Waals surface area contributed by atoms with Gasteiger partial charge < -0.3 is 10.2 Å². The van der Waals surface area contributed by atoms with Crippen LogP contribution in [0.4, 0.5) is 5.69 Å². The van der Waals surface area contributed by atoms with Crippen LogP contribution in [0.3, 0.4) is 0 Å². The van der Waals surface area contributed by atoms with Crippen LogP contribution in [-0.4, -0.2) is 43.8 Å². The fraction of sp³-hybridized carbons (Fsp3) is 0.257. The minimum Gasteiger partial charge on any atom is -0.352 e. The first kappa shape index (κ1) is 33.0. The van der Waals surface area contributed by atoms with Gasteiger partial charge in [-0.1, -0.05) is 102 Å². The Bertz CT molecular complexity index is 1650. The van der Waals surface area contributed by atoms with Crippen molar-refractivity contribution >= 4 is 43.5 Å². The molecule has 44 heavy (non-hydrogen) atoms. The molecule has 0 heterocycles. The number of hydrogen-bond acceptors (Lipinski definition) is 4. The molecule has 0 radical (unpaired) electrons. The van der Waals surface area contributed by atoms with E-state index >= 15 is 0 Å². The molecule has 0 unspecified atom stereocenters. The summed E-state index contributed by atoms with van der Waals surface area (Å²) >= 11 is 3.46. The molecule has 2 atom stereocenters. The van der Waals surface area contributed by atoms with Gasteiger partial charge in [0.05, 0.1) is 10.6 Å². The molecule has 0 aliphatic carbocycles. The Balaban J connectivity index is 1.81. The van der Waals surface area contributed by atoms with E-state index in [2.05, 4.69) is 21.2 Å². The molecular weight excluding hydrogens is 638 g/mol. The van der Waals surface area contributed by atoms with E-state index in [-0.39, 0.29) is 29.8 Å². The fourth-order valence-electron chi connectivity index (χ4n) is 4.86. The lowest BCUT2D eigenvalue weighted by Crippen LogP contribution is -2.54. The van der Waals surface area contributed by atoms with Crippen molar-refractivity contribution in [3.8, 4) is 0 Å². The SMILES string of the molecule is CC[C@H](C)NC(=O)[C@H](Cc1ccccc1)N(Cc1ccc(Br)cc1)C(=O)CN(c1ccccc1C)S(=O)(=O)c1ccccc1. The largest absolute Gasteiger partial charge is 0.352 e. The number of sulfonamides is 1. The number of carbonyl (C=O) groups is 2. The smallest absolute Gasteiger partial charge is 0.264 e. The predicted molar refractivity (Wildman–Crippen MR) is 179 cm³/mol. The van der Waals surface area contributed by atoms with E-state index < -0.39 is 28.5 Å². The van der Waals surface area contributed by atoms with Gasteiger partial charge >= 0.3 is 0 Å². The molecule has 0 aliphatic rings. The summed E-state index contributed by atoms with van der Waals surface area (Å²) in [5.74, 6) is -0.780. The summed E-state index contributed by atoms with van der Waals surface area (Å²) < 4.78 is 30.2. The van der Waals surface area contributed by atoms with Crippen LogP contribution in [-0.2, 0) is 32.6 Å². The summed E-state index contributed by atoms with van der Waals surface area (Å²) in [6.45, 7) is 5.34. The summed E-state index contributed by atoms with van der Waals surface area (Å²) in [5, 5.41) is 3.06. The van der Waals surface area contributed by atoms with Crippen LogP contribution < -0.4 is 9.62 Å². The second-order valence-electron chi connectivity index (χ2n) is 10.8. The third kappa shape index (κ3) is 8.36. The van der Waals surface area contributed by atoms with Crippen molar-refractivity contribution in [3.63, 3.8) is 0 Å². The summed E-state index contributed by atoms with van der Waals surface area (Å²) in [6.07, 6.45) is 0.988. The van der Waals surface area contributed by atoms with Gasteiger partial charge in [0.2, 0.25) is 11.8 Å². The van der Waals surface area contributed by atoms with Crippen LogP contribution in [0, 0.1) is 6.92 Å². The number of hydrogen-bond donors (Lipinski definition) is 1. The molecule has 4 aromatic carbocycles. The van der Waals surface area contributed by atoms with Crippen molar-refractivity contribution in [2.75, 3.05) is 10.8 Å². The molecule has 0 spiro atoms. The quantitative estimate of drug-likeness (QED) is 0.175. The third-order valence-corrected chi connectivity index (χ3v) is 9.84. The van der Waals surface area contributed by atoms with Crippen molar-refractivity contribution < 1.29 is 18.0 Å². The van der Waals surface area contributed by atoms with E-state index in [4.69, 9.17) is 0 Å². The number of anilines is 1. The van der Waals surface area contributed by atoms with Gasteiger partial charge in [0.25, 0.3) is 10.0 Å². The van der Waals surface area contributed by atoms with Crippen LogP contribution in [0.5, 0.6) is 0 Å². The number of benzene rings is 4. The van der Waals surface area contributed by atoms with Gasteiger partial charge in [-0.05, 0) is 67.3 Å². The van der Waals surface area contributed by atoms with Gasteiger partial charge in [0.15, 0.2) is 0 Å². The van der Waals surface area contributed by atoms with Gasteiger partial charge in [0.1, 0.15) is 12.6 Å². The molecule has 2 amide bonds. The second-order valence-corrected chi connectivity index (χ2v) is 13.6. The molecule has 0 saturated carbocycles. The molecule has 9 heteroatoms. The van der Waals surface area contributed by atoms with E-state index in [9.17, 15) is 18.0 Å². The van der Waals surface area contributed by atoms with Gasteiger partial charge in [0, 0.05) is 23.5 Å². The number of amides is 2. The van der Waals surface area contributed by atoms with Crippen molar-refractivity contribution in [1.82, 2.24) is 10.2 Å². The Morgan fingerprint density at radius 1 is 0.818 bits per heavy atom. The molecule has 4 rings (SSSR count). The lowest BCUT2D eigenvalue weighted by atomic mass is 10.0. The zero-order valence-corrected chi connectivity index (χ0v) is 27.6. The lowest BCUT2D eigenvalue weighted by molar-refractivity contribution is -0.140. The summed E-state index contributed by atoms with van der Waals surface area (Å²) in [5.41, 5.74) is 2.80. The average molecular weight is 677 g/mol. The summed E-state index contributed by atoms with van der Waals surface area (Å²) in [6, 6.07) is 31.2. The molecule has 0 aliphatic heterocycles. The minimum atomic E-state index is -4.13. The maximum Gasteiger partial charge on any atom is 0.264 e. The van der Waals surface area contributed by atoms with Gasteiger partial charge in [-0.25, -0.2) is 8.42 Å². The number of nitrogens with one attached hydrogen (secondary N) is 1. The first-order valence-electron chi connectivity index (χ1n) is 14.6. The monoisotopic (exact) mass is 675 g/mol. The number of carbonyl (C=O) groups excluding carboxylic acids is 2. The van der Waals surface area contributed by atoms with Crippen molar-refractivity contribution in [1.29, 1.82) is 0 Å². The summed E-state index contributed by atoms with van der Waals surface area (Å²) in [4.78, 5) is 30.0. The highest BCUT2D eigenvalue weighted by atomic mass is 79.9. The topological polar surface area (TPSA) is 86.8 Å². The van der Waals surface area contributed by atoms with Crippen LogP contribution in [0.2, 0.25) is 0 Å². The van der Waals surface area contributed by atoms with E-state index in [1.165, 1.54) is 17.0 Å². The van der Waals surface area contributed by atoms with Gasteiger partial charge in [-0.2, -0.15) is 0 Å². The third-order valence-electron chi connectivity index (χ3n) is 7.53. The molecule has 1 N–H and O–H groups in total. The number of rotatable bonds is 13.